The molecule has 120 valence electrons. The first-order valence-corrected chi connectivity index (χ1v) is 8.06. The van der Waals surface area contributed by atoms with E-state index in [0.29, 0.717) is 24.1 Å². The molecular weight excluding hydrogens is 305 g/mol. The summed E-state index contributed by atoms with van der Waals surface area (Å²) < 4.78 is 62.7. The van der Waals surface area contributed by atoms with E-state index in [1.54, 1.807) is 13.0 Å². The minimum absolute atomic E-state index is 0.0379. The van der Waals surface area contributed by atoms with Gasteiger partial charge in [-0.25, -0.2) is 13.1 Å². The molecule has 0 saturated heterocycles. The Balaban J connectivity index is 3.09. The van der Waals surface area contributed by atoms with Crippen LogP contribution in [-0.4, -0.2) is 21.1 Å². The second-order valence-electron chi connectivity index (χ2n) is 4.63. The van der Waals surface area contributed by atoms with E-state index in [-0.39, 0.29) is 4.90 Å². The number of halogens is 3. The number of nitrogens with one attached hydrogen (secondary N) is 1. The number of aryl methyl sites for hydroxylation is 1. The van der Waals surface area contributed by atoms with Crippen LogP contribution in [0.4, 0.5) is 18.9 Å². The maximum Gasteiger partial charge on any atom is 0.390 e. The molecule has 0 fully saturated rings. The van der Waals surface area contributed by atoms with Crippen molar-refractivity contribution in [3.05, 3.63) is 23.3 Å². The summed E-state index contributed by atoms with van der Waals surface area (Å²) >= 11 is 0. The van der Waals surface area contributed by atoms with Gasteiger partial charge in [-0.2, -0.15) is 13.2 Å². The normalized spacial score (nSPS) is 12.6. The van der Waals surface area contributed by atoms with Crippen LogP contribution in [0.5, 0.6) is 0 Å². The quantitative estimate of drug-likeness (QED) is 0.790. The van der Waals surface area contributed by atoms with E-state index in [0.717, 1.165) is 5.56 Å². The van der Waals surface area contributed by atoms with Crippen LogP contribution in [0.3, 0.4) is 0 Å². The molecule has 0 bridgehead atoms. The SMILES string of the molecule is CCc1cc(N)c(CC)c(S(=O)(=O)NCCC(F)(F)F)c1. The summed E-state index contributed by atoms with van der Waals surface area (Å²) in [7, 11) is -4.01. The van der Waals surface area contributed by atoms with Crippen molar-refractivity contribution in [1.82, 2.24) is 4.72 Å². The first-order chi connectivity index (χ1) is 9.60. The summed E-state index contributed by atoms with van der Waals surface area (Å²) in [4.78, 5) is -0.0379. The fourth-order valence-electron chi connectivity index (χ4n) is 1.95. The number of anilines is 1. The Morgan fingerprint density at radius 2 is 1.81 bits per heavy atom. The number of sulfonamides is 1. The first kappa shape index (κ1) is 17.8. The Morgan fingerprint density at radius 1 is 1.19 bits per heavy atom. The lowest BCUT2D eigenvalue weighted by atomic mass is 10.1. The standard InChI is InChI=1S/C13H19F3N2O2S/c1-3-9-7-11(17)10(4-2)12(8-9)21(19,20)18-6-5-13(14,15)16/h7-8,18H,3-6,17H2,1-2H3. The summed E-state index contributed by atoms with van der Waals surface area (Å²) in [6.45, 7) is 2.89. The molecular formula is C13H19F3N2O2S. The van der Waals surface area contributed by atoms with E-state index < -0.39 is 29.2 Å². The van der Waals surface area contributed by atoms with Crippen molar-refractivity contribution in [2.45, 2.75) is 44.2 Å². The lowest BCUT2D eigenvalue weighted by Gasteiger charge is -2.15. The van der Waals surface area contributed by atoms with Crippen LogP contribution in [0.15, 0.2) is 17.0 Å². The summed E-state index contributed by atoms with van der Waals surface area (Å²) in [5.41, 5.74) is 7.32. The monoisotopic (exact) mass is 324 g/mol. The van der Waals surface area contributed by atoms with Gasteiger partial charge in [-0.15, -0.1) is 0 Å². The first-order valence-electron chi connectivity index (χ1n) is 6.58. The largest absolute Gasteiger partial charge is 0.398 e. The molecule has 1 rings (SSSR count). The number of alkyl halides is 3. The summed E-state index contributed by atoms with van der Waals surface area (Å²) in [6.07, 6.45) is -4.65. The van der Waals surface area contributed by atoms with Gasteiger partial charge in [-0.05, 0) is 36.1 Å². The molecule has 0 spiro atoms. The molecule has 0 amide bonds. The highest BCUT2D eigenvalue weighted by Crippen LogP contribution is 2.25. The summed E-state index contributed by atoms with van der Waals surface area (Å²) in [5.74, 6) is 0. The van der Waals surface area contributed by atoms with Crippen LogP contribution < -0.4 is 10.5 Å². The highest BCUT2D eigenvalue weighted by Gasteiger charge is 2.28. The van der Waals surface area contributed by atoms with Crippen LogP contribution in [0, 0.1) is 0 Å². The van der Waals surface area contributed by atoms with Gasteiger partial charge < -0.3 is 5.73 Å². The molecule has 4 nitrogen and oxygen atoms in total. The molecule has 0 saturated carbocycles. The molecule has 0 aliphatic carbocycles. The highest BCUT2D eigenvalue weighted by molar-refractivity contribution is 7.89. The number of rotatable bonds is 6. The summed E-state index contributed by atoms with van der Waals surface area (Å²) in [5, 5.41) is 0. The second kappa shape index (κ2) is 6.65. The molecule has 0 unspecified atom stereocenters. The van der Waals surface area contributed by atoms with Crippen LogP contribution in [0.1, 0.15) is 31.4 Å². The van der Waals surface area contributed by atoms with E-state index in [2.05, 4.69) is 0 Å². The van der Waals surface area contributed by atoms with E-state index >= 15 is 0 Å². The molecule has 0 aliphatic heterocycles. The van der Waals surface area contributed by atoms with Crippen LogP contribution in [-0.2, 0) is 22.9 Å². The van der Waals surface area contributed by atoms with Crippen LogP contribution in [0.2, 0.25) is 0 Å². The fraction of sp³-hybridized carbons (Fsp3) is 0.538. The zero-order valence-corrected chi connectivity index (χ0v) is 12.7. The van der Waals surface area contributed by atoms with Crippen molar-refractivity contribution in [2.75, 3.05) is 12.3 Å². The fourth-order valence-corrected chi connectivity index (χ4v) is 3.37. The van der Waals surface area contributed by atoms with Crippen molar-refractivity contribution in [1.29, 1.82) is 0 Å². The van der Waals surface area contributed by atoms with E-state index in [1.165, 1.54) is 6.07 Å². The number of hydrogen-bond donors (Lipinski definition) is 2. The molecule has 0 aliphatic rings. The third kappa shape index (κ3) is 4.89. The van der Waals surface area contributed by atoms with Gasteiger partial charge in [0.15, 0.2) is 0 Å². The minimum atomic E-state index is -4.40. The second-order valence-corrected chi connectivity index (χ2v) is 6.37. The number of benzene rings is 1. The molecule has 0 atom stereocenters. The third-order valence-electron chi connectivity index (χ3n) is 3.06. The molecule has 1 aromatic rings. The highest BCUT2D eigenvalue weighted by atomic mass is 32.2. The van der Waals surface area contributed by atoms with Crippen LogP contribution in [0.25, 0.3) is 0 Å². The van der Waals surface area contributed by atoms with Crippen molar-refractivity contribution in [3.63, 3.8) is 0 Å². The number of hydrogen-bond acceptors (Lipinski definition) is 3. The molecule has 3 N–H and O–H groups in total. The Labute approximate surface area is 122 Å². The maximum atomic E-state index is 12.2. The van der Waals surface area contributed by atoms with Crippen molar-refractivity contribution >= 4 is 15.7 Å². The zero-order valence-electron chi connectivity index (χ0n) is 11.9. The van der Waals surface area contributed by atoms with Crippen molar-refractivity contribution in [3.8, 4) is 0 Å². The average molecular weight is 324 g/mol. The van der Waals surface area contributed by atoms with Gasteiger partial charge in [0.25, 0.3) is 0 Å². The van der Waals surface area contributed by atoms with E-state index in [1.807, 2.05) is 11.6 Å². The number of nitrogen functional groups attached to an aromatic ring is 1. The Bertz CT molecular complexity index is 598. The molecule has 0 heterocycles. The topological polar surface area (TPSA) is 72.2 Å². The molecule has 1 aromatic carbocycles. The van der Waals surface area contributed by atoms with E-state index in [4.69, 9.17) is 5.73 Å². The molecule has 0 aromatic heterocycles. The van der Waals surface area contributed by atoms with Gasteiger partial charge in [0.2, 0.25) is 10.0 Å². The average Bonchev–Trinajstić information content (AvgIpc) is 2.35. The Hall–Kier alpha value is -1.28. The maximum absolute atomic E-state index is 12.2. The van der Waals surface area contributed by atoms with Gasteiger partial charge in [0.05, 0.1) is 11.3 Å². The Kier molecular flexibility index (Phi) is 5.63. The van der Waals surface area contributed by atoms with Gasteiger partial charge in [0.1, 0.15) is 0 Å². The molecule has 0 radical (unpaired) electrons. The van der Waals surface area contributed by atoms with E-state index in [9.17, 15) is 21.6 Å². The van der Waals surface area contributed by atoms with Gasteiger partial charge >= 0.3 is 6.18 Å². The predicted octanol–water partition coefficient (Wildman–Crippen LogP) is 2.62. The van der Waals surface area contributed by atoms with Crippen LogP contribution >= 0.6 is 0 Å². The van der Waals surface area contributed by atoms with Crippen molar-refractivity contribution < 1.29 is 21.6 Å². The van der Waals surface area contributed by atoms with Gasteiger partial charge in [0, 0.05) is 12.2 Å². The number of nitrogens with two attached hydrogens (primary N) is 1. The zero-order chi connectivity index (χ0) is 16.3. The smallest absolute Gasteiger partial charge is 0.390 e. The minimum Gasteiger partial charge on any atom is -0.398 e. The lowest BCUT2D eigenvalue weighted by Crippen LogP contribution is -2.29. The molecule has 21 heavy (non-hydrogen) atoms. The van der Waals surface area contributed by atoms with Gasteiger partial charge in [-0.1, -0.05) is 13.8 Å². The van der Waals surface area contributed by atoms with Crippen molar-refractivity contribution in [2.24, 2.45) is 0 Å². The predicted molar refractivity (Wildman–Crippen MR) is 75.5 cm³/mol. The Morgan fingerprint density at radius 3 is 2.29 bits per heavy atom. The molecule has 8 heteroatoms. The summed E-state index contributed by atoms with van der Waals surface area (Å²) in [6, 6.07) is 3.15. The lowest BCUT2D eigenvalue weighted by molar-refractivity contribution is -0.132. The third-order valence-corrected chi connectivity index (χ3v) is 4.58. The van der Waals surface area contributed by atoms with Gasteiger partial charge in [-0.3, -0.25) is 0 Å².